The number of nitrogens with one attached hydrogen (secondary N) is 2. The molecular formula is C29H40F3N5O3. The maximum Gasteiger partial charge on any atom is 0.435 e. The Kier molecular flexibility index (Phi) is 10.1. The van der Waals surface area contributed by atoms with Gasteiger partial charge >= 0.3 is 6.18 Å². The van der Waals surface area contributed by atoms with Gasteiger partial charge in [0.05, 0.1) is 13.2 Å². The number of benzene rings is 1. The van der Waals surface area contributed by atoms with Crippen LogP contribution in [0.1, 0.15) is 80.8 Å². The predicted octanol–water partition coefficient (Wildman–Crippen LogP) is 4.66. The first-order valence-electron chi connectivity index (χ1n) is 14.3. The fourth-order valence-electron chi connectivity index (χ4n) is 5.30. The molecule has 2 aliphatic rings. The summed E-state index contributed by atoms with van der Waals surface area (Å²) in [4.78, 5) is 29.5. The molecule has 0 spiro atoms. The number of alkyl halides is 3. The number of halogens is 3. The van der Waals surface area contributed by atoms with Crippen LogP contribution in [-0.2, 0) is 28.7 Å². The quantitative estimate of drug-likeness (QED) is 0.553. The number of carbonyl (C=O) groups excluding carboxylic acids is 2. The van der Waals surface area contributed by atoms with Gasteiger partial charge in [-0.25, -0.2) is 0 Å². The molecule has 1 fully saturated rings. The van der Waals surface area contributed by atoms with Crippen LogP contribution in [0.25, 0.3) is 0 Å². The molecule has 11 heteroatoms. The molecule has 1 atom stereocenters. The van der Waals surface area contributed by atoms with Gasteiger partial charge in [0.2, 0.25) is 11.8 Å². The van der Waals surface area contributed by atoms with Crippen molar-refractivity contribution < 1.29 is 27.5 Å². The first-order chi connectivity index (χ1) is 19.1. The Labute approximate surface area is 233 Å². The third kappa shape index (κ3) is 8.22. The lowest BCUT2D eigenvalue weighted by Crippen LogP contribution is -2.40. The highest BCUT2D eigenvalue weighted by Gasteiger charge is 2.35. The number of amides is 2. The largest absolute Gasteiger partial charge is 0.493 e. The van der Waals surface area contributed by atoms with Crippen LogP contribution in [0.4, 0.5) is 13.2 Å². The van der Waals surface area contributed by atoms with Crippen LogP contribution in [0.3, 0.4) is 0 Å². The lowest BCUT2D eigenvalue weighted by molar-refractivity contribution is -0.141. The number of aromatic amines is 1. The van der Waals surface area contributed by atoms with E-state index in [1.54, 1.807) is 4.90 Å². The van der Waals surface area contributed by atoms with Crippen LogP contribution >= 0.6 is 0 Å². The van der Waals surface area contributed by atoms with Gasteiger partial charge in [0.1, 0.15) is 5.75 Å². The standard InChI is InChI=1S/C29H40F3N5O3/c1-20(2)37-18-23-15-21(8-10-25(23)40-14-5-3-4-12-33-27(38)19-37)9-11-28(39)36-13-6-7-22(17-36)24-16-26(35-34-24)29(30,31)32/h8,10,15-16,20,22H,3-7,9,11-14,17-19H2,1-2H3,(H,33,38)(H,34,35). The van der Waals surface area contributed by atoms with Gasteiger partial charge in [-0.1, -0.05) is 12.1 Å². The number of H-pyrrole nitrogens is 1. The first-order valence-corrected chi connectivity index (χ1v) is 14.3. The Balaban J connectivity index is 1.40. The third-order valence-corrected chi connectivity index (χ3v) is 7.71. The molecule has 0 radical (unpaired) electrons. The lowest BCUT2D eigenvalue weighted by Gasteiger charge is -2.32. The average molecular weight is 564 g/mol. The minimum absolute atomic E-state index is 0.0130. The maximum atomic E-state index is 13.1. The zero-order chi connectivity index (χ0) is 28.7. The predicted molar refractivity (Wildman–Crippen MR) is 145 cm³/mol. The Morgan fingerprint density at radius 1 is 1.15 bits per heavy atom. The molecule has 220 valence electrons. The summed E-state index contributed by atoms with van der Waals surface area (Å²) < 4.78 is 45.0. The number of ether oxygens (including phenoxy) is 1. The Hall–Kier alpha value is -3.08. The fourth-order valence-corrected chi connectivity index (χ4v) is 5.30. The number of carbonyl (C=O) groups is 2. The van der Waals surface area contributed by atoms with Crippen LogP contribution in [0.15, 0.2) is 24.3 Å². The molecule has 2 aliphatic heterocycles. The van der Waals surface area contributed by atoms with Gasteiger partial charge in [0.25, 0.3) is 0 Å². The molecule has 1 aromatic carbocycles. The van der Waals surface area contributed by atoms with E-state index >= 15 is 0 Å². The monoisotopic (exact) mass is 563 g/mol. The van der Waals surface area contributed by atoms with Gasteiger partial charge in [0.15, 0.2) is 5.69 Å². The van der Waals surface area contributed by atoms with E-state index in [0.717, 1.165) is 48.6 Å². The molecule has 1 saturated heterocycles. The van der Waals surface area contributed by atoms with E-state index in [4.69, 9.17) is 4.74 Å². The second kappa shape index (κ2) is 13.5. The molecule has 3 heterocycles. The van der Waals surface area contributed by atoms with E-state index < -0.39 is 11.9 Å². The van der Waals surface area contributed by atoms with Crippen molar-refractivity contribution in [3.63, 3.8) is 0 Å². The van der Waals surface area contributed by atoms with E-state index in [2.05, 4.69) is 40.3 Å². The number of hydrogen-bond donors (Lipinski definition) is 2. The summed E-state index contributed by atoms with van der Waals surface area (Å²) in [6.07, 6.45) is 0.592. The molecule has 8 nitrogen and oxygen atoms in total. The van der Waals surface area contributed by atoms with Crippen molar-refractivity contribution in [2.45, 2.75) is 83.5 Å². The Morgan fingerprint density at radius 3 is 2.73 bits per heavy atom. The number of fused-ring (bicyclic) bond motifs is 1. The van der Waals surface area contributed by atoms with E-state index in [-0.39, 0.29) is 23.8 Å². The van der Waals surface area contributed by atoms with Crippen LogP contribution in [0, 0.1) is 0 Å². The first kappa shape index (κ1) is 29.9. The molecule has 1 unspecified atom stereocenters. The summed E-state index contributed by atoms with van der Waals surface area (Å²) in [6, 6.07) is 7.22. The molecule has 1 aromatic heterocycles. The molecule has 2 amide bonds. The zero-order valence-electron chi connectivity index (χ0n) is 23.4. The molecule has 0 saturated carbocycles. The molecular weight excluding hydrogens is 523 g/mol. The van der Waals surface area contributed by atoms with Crippen LogP contribution in [0.5, 0.6) is 5.75 Å². The fraction of sp³-hybridized carbons (Fsp3) is 0.621. The van der Waals surface area contributed by atoms with Crippen molar-refractivity contribution in [3.8, 4) is 5.75 Å². The number of rotatable bonds is 5. The van der Waals surface area contributed by atoms with Gasteiger partial charge < -0.3 is 15.0 Å². The van der Waals surface area contributed by atoms with Gasteiger partial charge in [-0.15, -0.1) is 0 Å². The highest BCUT2D eigenvalue weighted by atomic mass is 19.4. The number of hydrogen-bond acceptors (Lipinski definition) is 5. The third-order valence-electron chi connectivity index (χ3n) is 7.71. The summed E-state index contributed by atoms with van der Waals surface area (Å²) in [5.74, 6) is 0.611. The molecule has 40 heavy (non-hydrogen) atoms. The van der Waals surface area contributed by atoms with Gasteiger partial charge in [-0.2, -0.15) is 18.3 Å². The number of nitrogens with zero attached hydrogens (tertiary/aromatic N) is 3. The van der Waals surface area contributed by atoms with Crippen LogP contribution in [0.2, 0.25) is 0 Å². The Bertz CT molecular complexity index is 1150. The van der Waals surface area contributed by atoms with Crippen molar-refractivity contribution >= 4 is 11.8 Å². The van der Waals surface area contributed by atoms with Crippen LogP contribution in [-0.4, -0.2) is 70.6 Å². The number of aromatic nitrogens is 2. The molecule has 0 aliphatic carbocycles. The van der Waals surface area contributed by atoms with E-state index in [1.807, 2.05) is 12.1 Å². The highest BCUT2D eigenvalue weighted by Crippen LogP contribution is 2.32. The normalized spacial score (nSPS) is 20.1. The molecule has 2 N–H and O–H groups in total. The second-order valence-corrected chi connectivity index (χ2v) is 11.1. The van der Waals surface area contributed by atoms with Crippen molar-refractivity contribution in [2.75, 3.05) is 32.8 Å². The van der Waals surface area contributed by atoms with E-state index in [1.165, 1.54) is 0 Å². The van der Waals surface area contributed by atoms with Crippen molar-refractivity contribution in [1.29, 1.82) is 0 Å². The van der Waals surface area contributed by atoms with Crippen molar-refractivity contribution in [3.05, 3.63) is 46.8 Å². The number of aryl methyl sites for hydroxylation is 1. The smallest absolute Gasteiger partial charge is 0.435 e. The molecule has 0 bridgehead atoms. The number of piperidine rings is 1. The van der Waals surface area contributed by atoms with Crippen molar-refractivity contribution in [2.24, 2.45) is 0 Å². The SMILES string of the molecule is CC(C)N1CC(=O)NCCCCCOc2ccc(CCC(=O)N3CCCC(c4cc(C(F)(F)F)n[nH]4)C3)cc2C1. The van der Waals surface area contributed by atoms with Gasteiger partial charge in [0, 0.05) is 55.8 Å². The van der Waals surface area contributed by atoms with Gasteiger partial charge in [-0.05, 0) is 70.1 Å². The number of likely N-dealkylation sites (tertiary alicyclic amines) is 1. The summed E-state index contributed by atoms with van der Waals surface area (Å²) in [6.45, 7) is 7.24. The minimum atomic E-state index is -4.49. The van der Waals surface area contributed by atoms with Crippen LogP contribution < -0.4 is 10.1 Å². The Morgan fingerprint density at radius 2 is 1.98 bits per heavy atom. The molecule has 2 aromatic rings. The summed E-state index contributed by atoms with van der Waals surface area (Å²) in [5.41, 5.74) is 1.48. The summed E-state index contributed by atoms with van der Waals surface area (Å²) in [7, 11) is 0. The lowest BCUT2D eigenvalue weighted by atomic mass is 9.94. The van der Waals surface area contributed by atoms with E-state index in [0.29, 0.717) is 64.3 Å². The minimum Gasteiger partial charge on any atom is -0.493 e. The molecule has 4 rings (SSSR count). The summed E-state index contributed by atoms with van der Waals surface area (Å²) in [5, 5.41) is 8.94. The topological polar surface area (TPSA) is 90.6 Å². The zero-order valence-corrected chi connectivity index (χ0v) is 23.4. The van der Waals surface area contributed by atoms with E-state index in [9.17, 15) is 22.8 Å². The maximum absolute atomic E-state index is 13.1. The second-order valence-electron chi connectivity index (χ2n) is 11.1. The van der Waals surface area contributed by atoms with Crippen molar-refractivity contribution in [1.82, 2.24) is 25.3 Å². The van der Waals surface area contributed by atoms with Gasteiger partial charge in [-0.3, -0.25) is 19.6 Å². The average Bonchev–Trinajstić information content (AvgIpc) is 3.43. The summed E-state index contributed by atoms with van der Waals surface area (Å²) >= 11 is 0. The highest BCUT2D eigenvalue weighted by molar-refractivity contribution is 5.78.